The van der Waals surface area contributed by atoms with Crippen molar-refractivity contribution in [2.24, 2.45) is 0 Å². The maximum atomic E-state index is 11.1. The summed E-state index contributed by atoms with van der Waals surface area (Å²) < 4.78 is 6.04. The first-order valence-electron chi connectivity index (χ1n) is 6.84. The third kappa shape index (κ3) is 4.87. The van der Waals surface area contributed by atoms with Crippen molar-refractivity contribution < 1.29 is 14.0 Å². The fraction of sp³-hybridized carbons (Fsp3) is 0.438. The van der Waals surface area contributed by atoms with E-state index in [9.17, 15) is 4.79 Å². The van der Waals surface area contributed by atoms with Gasteiger partial charge < -0.3 is 9.22 Å². The zero-order chi connectivity index (χ0) is 14.1. The van der Waals surface area contributed by atoms with Crippen LogP contribution < -0.4 is 0 Å². The molecule has 0 N–H and O–H groups in total. The van der Waals surface area contributed by atoms with E-state index in [1.807, 2.05) is 6.07 Å². The van der Waals surface area contributed by atoms with E-state index in [1.165, 1.54) is 11.6 Å². The lowest BCUT2D eigenvalue weighted by molar-refractivity contribution is -0.937. The smallest absolute Gasteiger partial charge is 0.330 e. The average molecular weight is 262 g/mol. The molecule has 0 amide bonds. The normalized spacial score (nSPS) is 11.1. The molecule has 19 heavy (non-hydrogen) atoms. The Kier molecular flexibility index (Phi) is 6.30. The molecule has 0 aliphatic rings. The van der Waals surface area contributed by atoms with E-state index >= 15 is 0 Å². The highest BCUT2D eigenvalue weighted by Crippen LogP contribution is 2.14. The number of hydrogen-bond acceptors (Lipinski definition) is 2. The lowest BCUT2D eigenvalue weighted by Gasteiger charge is -2.36. The third-order valence-corrected chi connectivity index (χ3v) is 3.68. The minimum absolute atomic E-state index is 0.343. The van der Waals surface area contributed by atoms with Crippen LogP contribution in [0.25, 0.3) is 0 Å². The number of rotatable bonds is 8. The summed E-state index contributed by atoms with van der Waals surface area (Å²) in [4.78, 5) is 11.1. The van der Waals surface area contributed by atoms with Gasteiger partial charge in [-0.15, -0.1) is 0 Å². The van der Waals surface area contributed by atoms with Crippen molar-refractivity contribution in [1.29, 1.82) is 0 Å². The van der Waals surface area contributed by atoms with Gasteiger partial charge in [-0.2, -0.15) is 0 Å². The van der Waals surface area contributed by atoms with Crippen LogP contribution >= 0.6 is 0 Å². The Morgan fingerprint density at radius 1 is 1.26 bits per heavy atom. The first kappa shape index (κ1) is 15.4. The molecule has 0 radical (unpaired) electrons. The van der Waals surface area contributed by atoms with E-state index in [2.05, 4.69) is 44.7 Å². The molecule has 0 aromatic heterocycles. The quantitative estimate of drug-likeness (QED) is 0.409. The molecule has 0 spiro atoms. The first-order valence-corrected chi connectivity index (χ1v) is 6.84. The van der Waals surface area contributed by atoms with Crippen LogP contribution in [0.5, 0.6) is 0 Å². The number of hydrogen-bond donors (Lipinski definition) is 0. The number of carbonyl (C=O) groups is 1. The van der Waals surface area contributed by atoms with Crippen molar-refractivity contribution in [2.45, 2.75) is 20.4 Å². The van der Waals surface area contributed by atoms with E-state index in [1.54, 1.807) is 0 Å². The lowest BCUT2D eigenvalue weighted by Crippen LogP contribution is -2.49. The molecule has 0 heterocycles. The summed E-state index contributed by atoms with van der Waals surface area (Å²) in [6.45, 7) is 12.1. The highest BCUT2D eigenvalue weighted by Gasteiger charge is 2.23. The van der Waals surface area contributed by atoms with Gasteiger partial charge in [-0.05, 0) is 13.8 Å². The van der Waals surface area contributed by atoms with Gasteiger partial charge in [-0.25, -0.2) is 4.79 Å². The van der Waals surface area contributed by atoms with Crippen molar-refractivity contribution >= 4 is 5.97 Å². The minimum Gasteiger partial charge on any atom is -0.457 e. The Bertz CT molecular complexity index is 396. The van der Waals surface area contributed by atoms with Crippen molar-refractivity contribution in [3.8, 4) is 0 Å². The maximum Gasteiger partial charge on any atom is 0.330 e. The van der Waals surface area contributed by atoms with Gasteiger partial charge in [-0.3, -0.25) is 0 Å². The summed E-state index contributed by atoms with van der Waals surface area (Å²) in [5.41, 5.74) is 1.32. The highest BCUT2D eigenvalue weighted by atomic mass is 16.5. The van der Waals surface area contributed by atoms with Gasteiger partial charge in [0.25, 0.3) is 0 Å². The number of ether oxygens (including phenoxy) is 1. The van der Waals surface area contributed by atoms with Crippen LogP contribution in [0.2, 0.25) is 0 Å². The molecule has 0 saturated carbocycles. The van der Waals surface area contributed by atoms with Crippen molar-refractivity contribution in [1.82, 2.24) is 0 Å². The van der Waals surface area contributed by atoms with Gasteiger partial charge in [0.15, 0.2) is 0 Å². The van der Waals surface area contributed by atoms with Crippen LogP contribution in [0.1, 0.15) is 19.4 Å². The van der Waals surface area contributed by atoms with Crippen molar-refractivity contribution in [3.05, 3.63) is 48.6 Å². The van der Waals surface area contributed by atoms with E-state index in [4.69, 9.17) is 4.74 Å². The number of likely N-dealkylation sites (N-methyl/N-ethyl adjacent to an activating group) is 1. The summed E-state index contributed by atoms with van der Waals surface area (Å²) in [6.07, 6.45) is 1.21. The Balaban J connectivity index is 2.63. The molecule has 1 aromatic rings. The van der Waals surface area contributed by atoms with Gasteiger partial charge in [0.05, 0.1) is 13.1 Å². The minimum atomic E-state index is -0.343. The molecule has 3 nitrogen and oxygen atoms in total. The monoisotopic (exact) mass is 262 g/mol. The summed E-state index contributed by atoms with van der Waals surface area (Å²) in [6, 6.07) is 10.4. The predicted molar refractivity (Wildman–Crippen MR) is 77.5 cm³/mol. The van der Waals surface area contributed by atoms with E-state index in [0.717, 1.165) is 30.7 Å². The van der Waals surface area contributed by atoms with Gasteiger partial charge in [0.2, 0.25) is 0 Å². The zero-order valence-corrected chi connectivity index (χ0v) is 12.0. The fourth-order valence-electron chi connectivity index (χ4n) is 2.21. The third-order valence-electron chi connectivity index (χ3n) is 3.68. The van der Waals surface area contributed by atoms with Crippen LogP contribution in [0.15, 0.2) is 43.0 Å². The largest absolute Gasteiger partial charge is 0.457 e. The second-order valence-electron chi connectivity index (χ2n) is 4.71. The standard InChI is InChI=1S/C16H24NO2/c1-4-16(18)19-13-12-17(5-2,6-3)14-15-10-8-7-9-11-15/h4,7-11H,1,5-6,12-14H2,2-3H3/q+1. The van der Waals surface area contributed by atoms with E-state index in [0.29, 0.717) is 6.61 Å². The number of nitrogens with zero attached hydrogens (tertiary/aromatic N) is 1. The SMILES string of the molecule is C=CC(=O)OCC[N+](CC)(CC)Cc1ccccc1. The van der Waals surface area contributed by atoms with Crippen LogP contribution in [-0.4, -0.2) is 36.7 Å². The molecule has 0 atom stereocenters. The average Bonchev–Trinajstić information content (AvgIpc) is 2.47. The van der Waals surface area contributed by atoms with Gasteiger partial charge >= 0.3 is 5.97 Å². The molecule has 3 heteroatoms. The topological polar surface area (TPSA) is 26.3 Å². The molecular weight excluding hydrogens is 238 g/mol. The molecular formula is C16H24NO2+. The molecule has 0 bridgehead atoms. The molecule has 1 rings (SSSR count). The van der Waals surface area contributed by atoms with Crippen LogP contribution in [0, 0.1) is 0 Å². The summed E-state index contributed by atoms with van der Waals surface area (Å²) >= 11 is 0. The van der Waals surface area contributed by atoms with Gasteiger partial charge in [0, 0.05) is 11.6 Å². The molecule has 0 aliphatic heterocycles. The number of benzene rings is 1. The van der Waals surface area contributed by atoms with E-state index in [-0.39, 0.29) is 5.97 Å². The maximum absolute atomic E-state index is 11.1. The molecule has 1 aromatic carbocycles. The summed E-state index contributed by atoms with van der Waals surface area (Å²) in [5.74, 6) is -0.343. The van der Waals surface area contributed by atoms with Crippen LogP contribution in [0.4, 0.5) is 0 Å². The predicted octanol–water partition coefficient (Wildman–Crippen LogP) is 2.77. The summed E-state index contributed by atoms with van der Waals surface area (Å²) in [7, 11) is 0. The van der Waals surface area contributed by atoms with E-state index < -0.39 is 0 Å². The second-order valence-corrected chi connectivity index (χ2v) is 4.71. The molecule has 0 aliphatic carbocycles. The Hall–Kier alpha value is -1.61. The fourth-order valence-corrected chi connectivity index (χ4v) is 2.21. The lowest BCUT2D eigenvalue weighted by atomic mass is 10.2. The molecule has 0 unspecified atom stereocenters. The second kappa shape index (κ2) is 7.74. The Morgan fingerprint density at radius 3 is 2.42 bits per heavy atom. The van der Waals surface area contributed by atoms with Crippen LogP contribution in [0.3, 0.4) is 0 Å². The van der Waals surface area contributed by atoms with Crippen molar-refractivity contribution in [2.75, 3.05) is 26.2 Å². The molecule has 0 saturated heterocycles. The zero-order valence-electron chi connectivity index (χ0n) is 12.0. The summed E-state index contributed by atoms with van der Waals surface area (Å²) in [5, 5.41) is 0. The first-order chi connectivity index (χ1) is 9.15. The highest BCUT2D eigenvalue weighted by molar-refractivity contribution is 5.81. The molecule has 104 valence electrons. The number of esters is 1. The molecule has 0 fully saturated rings. The number of carbonyl (C=O) groups excluding carboxylic acids is 1. The van der Waals surface area contributed by atoms with Crippen molar-refractivity contribution in [3.63, 3.8) is 0 Å². The van der Waals surface area contributed by atoms with Crippen LogP contribution in [-0.2, 0) is 16.1 Å². The van der Waals surface area contributed by atoms with Gasteiger partial charge in [-0.1, -0.05) is 36.9 Å². The number of quaternary nitrogens is 1. The Labute approximate surface area is 116 Å². The Morgan fingerprint density at radius 2 is 1.89 bits per heavy atom. The van der Waals surface area contributed by atoms with Gasteiger partial charge in [0.1, 0.15) is 19.7 Å².